The second kappa shape index (κ2) is 8.75. The molecule has 1 aliphatic carbocycles. The van der Waals surface area contributed by atoms with Gasteiger partial charge >= 0.3 is 0 Å². The highest BCUT2D eigenvalue weighted by atomic mass is 19.3. The van der Waals surface area contributed by atoms with Gasteiger partial charge in [-0.3, -0.25) is 0 Å². The van der Waals surface area contributed by atoms with Gasteiger partial charge in [0.15, 0.2) is 0 Å². The Morgan fingerprint density at radius 3 is 2.52 bits per heavy atom. The molecule has 0 saturated heterocycles. The minimum atomic E-state index is -2.44. The molecule has 0 radical (unpaired) electrons. The van der Waals surface area contributed by atoms with Crippen LogP contribution in [0.15, 0.2) is 53.7 Å². The van der Waals surface area contributed by atoms with Crippen molar-refractivity contribution in [2.24, 2.45) is 5.16 Å². The van der Waals surface area contributed by atoms with Gasteiger partial charge in [-0.1, -0.05) is 66.9 Å². The predicted molar refractivity (Wildman–Crippen MR) is 96.1 cm³/mol. The Hall–Kier alpha value is -2.23. The zero-order chi connectivity index (χ0) is 17.5. The van der Waals surface area contributed by atoms with Crippen molar-refractivity contribution < 1.29 is 13.6 Å². The smallest absolute Gasteiger partial charge is 0.263 e. The fourth-order valence-electron chi connectivity index (χ4n) is 3.30. The maximum absolute atomic E-state index is 12.5. The highest BCUT2D eigenvalue weighted by molar-refractivity contribution is 5.79. The van der Waals surface area contributed by atoms with Crippen molar-refractivity contribution in [3.63, 3.8) is 0 Å². The molecule has 4 heteroatoms. The van der Waals surface area contributed by atoms with E-state index in [0.717, 1.165) is 11.1 Å². The number of hydrogen-bond acceptors (Lipinski definition) is 2. The lowest BCUT2D eigenvalue weighted by atomic mass is 9.84. The Morgan fingerprint density at radius 2 is 1.80 bits per heavy atom. The van der Waals surface area contributed by atoms with Crippen LogP contribution in [0.4, 0.5) is 8.78 Å². The van der Waals surface area contributed by atoms with Crippen LogP contribution < -0.4 is 0 Å². The second-order valence-electron chi connectivity index (χ2n) is 6.56. The van der Waals surface area contributed by atoms with Crippen LogP contribution in [0.3, 0.4) is 0 Å². The Morgan fingerprint density at radius 1 is 1.04 bits per heavy atom. The van der Waals surface area contributed by atoms with E-state index in [1.165, 1.54) is 49.8 Å². The minimum Gasteiger partial charge on any atom is -0.391 e. The second-order valence-corrected chi connectivity index (χ2v) is 6.56. The zero-order valence-electron chi connectivity index (χ0n) is 14.2. The van der Waals surface area contributed by atoms with Crippen LogP contribution in [-0.2, 0) is 11.4 Å². The molecule has 0 aliphatic heterocycles. The van der Waals surface area contributed by atoms with Gasteiger partial charge in [-0.05, 0) is 41.5 Å². The summed E-state index contributed by atoms with van der Waals surface area (Å²) in [6.45, 7) is 0.266. The lowest BCUT2D eigenvalue weighted by molar-refractivity contribution is 0.131. The summed E-state index contributed by atoms with van der Waals surface area (Å²) in [5, 5.41) is 4.01. The first-order valence-corrected chi connectivity index (χ1v) is 8.84. The number of hydrogen-bond donors (Lipinski definition) is 0. The largest absolute Gasteiger partial charge is 0.391 e. The molecule has 2 nitrogen and oxygen atoms in total. The maximum Gasteiger partial charge on any atom is 0.263 e. The first-order chi connectivity index (χ1) is 12.2. The van der Waals surface area contributed by atoms with E-state index >= 15 is 0 Å². The van der Waals surface area contributed by atoms with Gasteiger partial charge in [0.1, 0.15) is 6.61 Å². The number of rotatable bonds is 6. The van der Waals surface area contributed by atoms with Crippen molar-refractivity contribution >= 4 is 6.21 Å². The third kappa shape index (κ3) is 5.12. The minimum absolute atomic E-state index is 0.0202. The van der Waals surface area contributed by atoms with Gasteiger partial charge in [0.25, 0.3) is 6.43 Å². The van der Waals surface area contributed by atoms with Crippen LogP contribution in [-0.4, -0.2) is 6.21 Å². The Labute approximate surface area is 147 Å². The molecule has 0 bridgehead atoms. The van der Waals surface area contributed by atoms with Gasteiger partial charge in [0.05, 0.1) is 6.21 Å². The van der Waals surface area contributed by atoms with Gasteiger partial charge in [0.2, 0.25) is 0 Å². The Balaban J connectivity index is 1.53. The van der Waals surface area contributed by atoms with Gasteiger partial charge in [-0.2, -0.15) is 0 Å². The first-order valence-electron chi connectivity index (χ1n) is 8.84. The van der Waals surface area contributed by atoms with Crippen molar-refractivity contribution in [3.05, 3.63) is 70.8 Å². The highest BCUT2D eigenvalue weighted by Crippen LogP contribution is 2.32. The van der Waals surface area contributed by atoms with E-state index in [0.29, 0.717) is 5.92 Å². The maximum atomic E-state index is 12.5. The van der Waals surface area contributed by atoms with Crippen LogP contribution in [0.5, 0.6) is 0 Å². The van der Waals surface area contributed by atoms with E-state index in [1.807, 2.05) is 6.07 Å². The molecule has 0 amide bonds. The summed E-state index contributed by atoms with van der Waals surface area (Å²) >= 11 is 0. The molecule has 0 aromatic heterocycles. The lowest BCUT2D eigenvalue weighted by Crippen LogP contribution is -2.04. The van der Waals surface area contributed by atoms with Crippen molar-refractivity contribution in [2.45, 2.75) is 51.1 Å². The number of oxime groups is 1. The molecule has 3 rings (SSSR count). The molecule has 0 heterocycles. The number of halogens is 2. The molecular formula is C21H23F2NO. The van der Waals surface area contributed by atoms with Crippen LogP contribution in [0.2, 0.25) is 0 Å². The predicted octanol–water partition coefficient (Wildman–Crippen LogP) is 6.22. The molecule has 0 atom stereocenters. The van der Waals surface area contributed by atoms with E-state index in [9.17, 15) is 8.78 Å². The molecule has 2 aromatic carbocycles. The topological polar surface area (TPSA) is 21.6 Å². The van der Waals surface area contributed by atoms with Crippen LogP contribution in [0, 0.1) is 0 Å². The number of nitrogens with zero attached hydrogens (tertiary/aromatic N) is 1. The molecule has 0 spiro atoms. The van der Waals surface area contributed by atoms with Gasteiger partial charge in [-0.25, -0.2) is 8.78 Å². The lowest BCUT2D eigenvalue weighted by Gasteiger charge is -2.22. The van der Waals surface area contributed by atoms with E-state index < -0.39 is 6.43 Å². The van der Waals surface area contributed by atoms with E-state index in [-0.39, 0.29) is 12.2 Å². The summed E-state index contributed by atoms with van der Waals surface area (Å²) in [6, 6.07) is 14.6. The van der Waals surface area contributed by atoms with Crippen molar-refractivity contribution in [1.29, 1.82) is 0 Å². The average molecular weight is 343 g/mol. The SMILES string of the molecule is FC(F)c1ccc(CON=Cc2cccc(C3CCCCC3)c2)cc1. The molecule has 1 saturated carbocycles. The average Bonchev–Trinajstić information content (AvgIpc) is 2.66. The Kier molecular flexibility index (Phi) is 6.15. The molecule has 0 unspecified atom stereocenters. The third-order valence-electron chi connectivity index (χ3n) is 4.73. The van der Waals surface area contributed by atoms with Crippen molar-refractivity contribution in [3.8, 4) is 0 Å². The molecule has 0 N–H and O–H groups in total. The third-order valence-corrected chi connectivity index (χ3v) is 4.73. The molecule has 1 fully saturated rings. The van der Waals surface area contributed by atoms with E-state index in [2.05, 4.69) is 23.4 Å². The molecule has 2 aromatic rings. The summed E-state index contributed by atoms with van der Waals surface area (Å²) in [7, 11) is 0. The van der Waals surface area contributed by atoms with Gasteiger partial charge < -0.3 is 4.84 Å². The first kappa shape index (κ1) is 17.6. The van der Waals surface area contributed by atoms with Gasteiger partial charge in [-0.15, -0.1) is 0 Å². The molecule has 1 aliphatic rings. The quantitative estimate of drug-likeness (QED) is 0.450. The van der Waals surface area contributed by atoms with E-state index in [4.69, 9.17) is 4.84 Å². The van der Waals surface area contributed by atoms with Gasteiger partial charge in [0, 0.05) is 5.56 Å². The Bertz CT molecular complexity index is 691. The van der Waals surface area contributed by atoms with Crippen molar-refractivity contribution in [1.82, 2.24) is 0 Å². The molecule has 25 heavy (non-hydrogen) atoms. The number of benzene rings is 2. The summed E-state index contributed by atoms with van der Waals surface area (Å²) in [5.41, 5.74) is 3.24. The zero-order valence-corrected chi connectivity index (χ0v) is 14.2. The fourth-order valence-corrected chi connectivity index (χ4v) is 3.30. The van der Waals surface area contributed by atoms with Crippen LogP contribution in [0.1, 0.15) is 66.7 Å². The standard InChI is InChI=1S/C21H23F2NO/c22-21(23)19-11-9-16(10-12-19)15-25-24-14-17-5-4-8-20(13-17)18-6-2-1-3-7-18/h4-5,8-14,18,21H,1-3,6-7,15H2. The summed E-state index contributed by atoms with van der Waals surface area (Å²) < 4.78 is 25.0. The summed E-state index contributed by atoms with van der Waals surface area (Å²) in [4.78, 5) is 5.29. The molecular weight excluding hydrogens is 320 g/mol. The summed E-state index contributed by atoms with van der Waals surface area (Å²) in [5.74, 6) is 0.663. The van der Waals surface area contributed by atoms with E-state index in [1.54, 1.807) is 18.3 Å². The summed E-state index contributed by atoms with van der Waals surface area (Å²) in [6.07, 6.45) is 5.79. The fraction of sp³-hybridized carbons (Fsp3) is 0.381. The molecule has 132 valence electrons. The number of alkyl halides is 2. The van der Waals surface area contributed by atoms with Crippen molar-refractivity contribution in [2.75, 3.05) is 0 Å². The normalized spacial score (nSPS) is 15.8. The van der Waals surface area contributed by atoms with Crippen LogP contribution in [0.25, 0.3) is 0 Å². The van der Waals surface area contributed by atoms with Crippen LogP contribution >= 0.6 is 0 Å². The monoisotopic (exact) mass is 343 g/mol. The highest BCUT2D eigenvalue weighted by Gasteiger charge is 2.15.